The summed E-state index contributed by atoms with van der Waals surface area (Å²) in [7, 11) is 0. The number of hydrogen-bond acceptors (Lipinski definition) is 3. The lowest BCUT2D eigenvalue weighted by atomic mass is 10.0. The molecule has 0 aliphatic rings. The smallest absolute Gasteiger partial charge is 0.141 e. The van der Waals surface area contributed by atoms with Crippen LogP contribution in [0.4, 0.5) is 0 Å². The maximum Gasteiger partial charge on any atom is 0.141 e. The average Bonchev–Trinajstić information content (AvgIpc) is 2.36. The van der Waals surface area contributed by atoms with Crippen LogP contribution in [0.3, 0.4) is 0 Å². The van der Waals surface area contributed by atoms with Gasteiger partial charge in [-0.05, 0) is 37.5 Å². The first-order valence-electron chi connectivity index (χ1n) is 6.52. The molecule has 0 radical (unpaired) electrons. The van der Waals surface area contributed by atoms with Crippen molar-refractivity contribution in [2.45, 2.75) is 32.7 Å². The van der Waals surface area contributed by atoms with Gasteiger partial charge in [0, 0.05) is 17.7 Å². The van der Waals surface area contributed by atoms with Crippen molar-refractivity contribution in [1.82, 2.24) is 0 Å². The third-order valence-electron chi connectivity index (χ3n) is 2.77. The monoisotopic (exact) mass is 305 g/mol. The third-order valence-corrected chi connectivity index (χ3v) is 3.27. The van der Waals surface area contributed by atoms with E-state index < -0.39 is 0 Å². The third kappa shape index (κ3) is 5.57. The molecule has 0 spiro atoms. The van der Waals surface area contributed by atoms with Gasteiger partial charge in [0.05, 0.1) is 11.6 Å². The lowest BCUT2D eigenvalue weighted by molar-refractivity contribution is 0.110. The van der Waals surface area contributed by atoms with Crippen molar-refractivity contribution < 1.29 is 9.47 Å². The molecule has 0 aromatic heterocycles. The summed E-state index contributed by atoms with van der Waals surface area (Å²) in [6.45, 7) is 5.66. The molecule has 1 aromatic rings. The molecule has 19 heavy (non-hydrogen) atoms. The van der Waals surface area contributed by atoms with Crippen molar-refractivity contribution in [2.75, 3.05) is 19.8 Å². The van der Waals surface area contributed by atoms with Gasteiger partial charge in [0.1, 0.15) is 12.4 Å². The predicted octanol–water partition coefficient (Wildman–Crippen LogP) is 3.69. The van der Waals surface area contributed by atoms with E-state index in [-0.39, 0.29) is 6.04 Å². The minimum absolute atomic E-state index is 0.0729. The van der Waals surface area contributed by atoms with Crippen LogP contribution < -0.4 is 10.5 Å². The Morgan fingerprint density at radius 1 is 1.21 bits per heavy atom. The summed E-state index contributed by atoms with van der Waals surface area (Å²) in [5, 5.41) is 1.11. The fraction of sp³-hybridized carbons (Fsp3) is 0.571. The van der Waals surface area contributed by atoms with E-state index in [1.165, 1.54) is 0 Å². The Morgan fingerprint density at radius 2 is 1.95 bits per heavy atom. The molecule has 0 saturated carbocycles. The summed E-state index contributed by atoms with van der Waals surface area (Å²) in [5.74, 6) is 0.662. The summed E-state index contributed by atoms with van der Waals surface area (Å²) in [6.07, 6.45) is 1.59. The molecule has 1 rings (SSSR count). The van der Waals surface area contributed by atoms with Crippen molar-refractivity contribution in [2.24, 2.45) is 5.73 Å². The topological polar surface area (TPSA) is 44.5 Å². The first-order chi connectivity index (χ1) is 9.08. The maximum atomic E-state index is 6.18. The lowest BCUT2D eigenvalue weighted by Crippen LogP contribution is -2.22. The lowest BCUT2D eigenvalue weighted by Gasteiger charge is -2.16. The highest BCUT2D eigenvalue weighted by Gasteiger charge is 2.13. The Balaban J connectivity index is 2.80. The molecule has 1 aromatic carbocycles. The van der Waals surface area contributed by atoms with E-state index in [0.717, 1.165) is 12.0 Å². The molecule has 1 atom stereocenters. The van der Waals surface area contributed by atoms with Crippen LogP contribution in [0.2, 0.25) is 10.0 Å². The standard InChI is InChI=1S/C14H21Cl2NO2/c1-3-12(17)8-10-7-11(15)9-13(16)14(10)19-6-5-18-4-2/h7,9,12H,3-6,8,17H2,1-2H3. The van der Waals surface area contributed by atoms with E-state index in [1.54, 1.807) is 6.07 Å². The molecule has 0 bridgehead atoms. The van der Waals surface area contributed by atoms with Crippen LogP contribution in [0.5, 0.6) is 5.75 Å². The Morgan fingerprint density at radius 3 is 2.58 bits per heavy atom. The van der Waals surface area contributed by atoms with Crippen LogP contribution in [0.1, 0.15) is 25.8 Å². The molecular weight excluding hydrogens is 285 g/mol. The Labute approximate surface area is 125 Å². The molecule has 0 aliphatic heterocycles. The van der Waals surface area contributed by atoms with Gasteiger partial charge in [-0.15, -0.1) is 0 Å². The van der Waals surface area contributed by atoms with Crippen molar-refractivity contribution in [1.29, 1.82) is 0 Å². The fourth-order valence-corrected chi connectivity index (χ4v) is 2.29. The van der Waals surface area contributed by atoms with Gasteiger partial charge >= 0.3 is 0 Å². The Bertz CT molecular complexity index is 399. The SMILES string of the molecule is CCOCCOc1c(Cl)cc(Cl)cc1CC(N)CC. The highest BCUT2D eigenvalue weighted by atomic mass is 35.5. The molecule has 0 amide bonds. The van der Waals surface area contributed by atoms with Crippen LogP contribution in [-0.4, -0.2) is 25.9 Å². The zero-order valence-corrected chi connectivity index (χ0v) is 12.9. The van der Waals surface area contributed by atoms with E-state index >= 15 is 0 Å². The van der Waals surface area contributed by atoms with Crippen molar-refractivity contribution in [3.05, 3.63) is 27.7 Å². The summed E-state index contributed by atoms with van der Waals surface area (Å²) < 4.78 is 10.9. The molecule has 108 valence electrons. The van der Waals surface area contributed by atoms with E-state index in [0.29, 0.717) is 42.0 Å². The number of halogens is 2. The first kappa shape index (κ1) is 16.6. The number of rotatable bonds is 8. The van der Waals surface area contributed by atoms with Gasteiger partial charge in [-0.25, -0.2) is 0 Å². The second kappa shape index (κ2) is 8.64. The van der Waals surface area contributed by atoms with Crippen LogP contribution in [-0.2, 0) is 11.2 Å². The van der Waals surface area contributed by atoms with E-state index in [2.05, 4.69) is 0 Å². The molecule has 0 fully saturated rings. The van der Waals surface area contributed by atoms with E-state index in [9.17, 15) is 0 Å². The molecule has 5 heteroatoms. The molecule has 1 unspecified atom stereocenters. The molecule has 0 aliphatic carbocycles. The Hall–Kier alpha value is -0.480. The summed E-state index contributed by atoms with van der Waals surface area (Å²) in [5.41, 5.74) is 6.93. The van der Waals surface area contributed by atoms with Crippen molar-refractivity contribution >= 4 is 23.2 Å². The van der Waals surface area contributed by atoms with Crippen molar-refractivity contribution in [3.63, 3.8) is 0 Å². The van der Waals surface area contributed by atoms with Crippen molar-refractivity contribution in [3.8, 4) is 5.75 Å². The van der Waals surface area contributed by atoms with Crippen LogP contribution in [0, 0.1) is 0 Å². The molecule has 3 nitrogen and oxygen atoms in total. The minimum Gasteiger partial charge on any atom is -0.489 e. The average molecular weight is 306 g/mol. The summed E-state index contributed by atoms with van der Waals surface area (Å²) in [4.78, 5) is 0. The van der Waals surface area contributed by atoms with E-state index in [1.807, 2.05) is 19.9 Å². The molecule has 0 saturated heterocycles. The van der Waals surface area contributed by atoms with Gasteiger partial charge in [0.25, 0.3) is 0 Å². The quantitative estimate of drug-likeness (QED) is 0.745. The first-order valence-corrected chi connectivity index (χ1v) is 7.28. The normalized spacial score (nSPS) is 12.5. The van der Waals surface area contributed by atoms with Crippen LogP contribution >= 0.6 is 23.2 Å². The summed E-state index contributed by atoms with van der Waals surface area (Å²) >= 11 is 12.2. The highest BCUT2D eigenvalue weighted by Crippen LogP contribution is 2.33. The van der Waals surface area contributed by atoms with Gasteiger partial charge in [0.15, 0.2) is 0 Å². The maximum absolute atomic E-state index is 6.18. The highest BCUT2D eigenvalue weighted by molar-refractivity contribution is 6.35. The second-order valence-corrected chi connectivity index (χ2v) is 5.14. The molecule has 0 heterocycles. The second-order valence-electron chi connectivity index (χ2n) is 4.29. The number of ether oxygens (including phenoxy) is 2. The number of hydrogen-bond donors (Lipinski definition) is 1. The fourth-order valence-electron chi connectivity index (χ4n) is 1.70. The Kier molecular flexibility index (Phi) is 7.54. The number of benzene rings is 1. The zero-order chi connectivity index (χ0) is 14.3. The van der Waals surface area contributed by atoms with Crippen LogP contribution in [0.25, 0.3) is 0 Å². The zero-order valence-electron chi connectivity index (χ0n) is 11.4. The van der Waals surface area contributed by atoms with Gasteiger partial charge in [-0.3, -0.25) is 0 Å². The minimum atomic E-state index is 0.0729. The van der Waals surface area contributed by atoms with Gasteiger partial charge in [-0.1, -0.05) is 30.1 Å². The molecule has 2 N–H and O–H groups in total. The van der Waals surface area contributed by atoms with Gasteiger partial charge in [0.2, 0.25) is 0 Å². The number of nitrogens with two attached hydrogens (primary N) is 1. The molecular formula is C14H21Cl2NO2. The van der Waals surface area contributed by atoms with Crippen LogP contribution in [0.15, 0.2) is 12.1 Å². The van der Waals surface area contributed by atoms with Gasteiger partial charge in [-0.2, -0.15) is 0 Å². The largest absolute Gasteiger partial charge is 0.489 e. The van der Waals surface area contributed by atoms with E-state index in [4.69, 9.17) is 38.4 Å². The predicted molar refractivity (Wildman–Crippen MR) is 80.4 cm³/mol. The van der Waals surface area contributed by atoms with Gasteiger partial charge < -0.3 is 15.2 Å². The summed E-state index contributed by atoms with van der Waals surface area (Å²) in [6, 6.07) is 3.61.